The van der Waals surface area contributed by atoms with Gasteiger partial charge in [0, 0.05) is 19.0 Å². The van der Waals surface area contributed by atoms with Gasteiger partial charge in [0.1, 0.15) is 11.0 Å². The number of methoxy groups -OCH3 is 1. The normalized spacial score (nSPS) is 17.8. The van der Waals surface area contributed by atoms with Crippen LogP contribution in [0.5, 0.6) is 5.75 Å². The highest BCUT2D eigenvalue weighted by Gasteiger charge is 2.32. The molecule has 0 bridgehead atoms. The van der Waals surface area contributed by atoms with Crippen molar-refractivity contribution in [3.05, 3.63) is 28.3 Å². The first-order valence-electron chi connectivity index (χ1n) is 8.08. The van der Waals surface area contributed by atoms with E-state index in [1.807, 2.05) is 0 Å². The first-order valence-corrected chi connectivity index (χ1v) is 8.96. The van der Waals surface area contributed by atoms with E-state index in [4.69, 9.17) is 4.74 Å². The van der Waals surface area contributed by atoms with E-state index in [1.165, 1.54) is 37.1 Å². The second-order valence-electron chi connectivity index (χ2n) is 5.53. The van der Waals surface area contributed by atoms with Gasteiger partial charge < -0.3 is 15.4 Å². The number of anilines is 1. The van der Waals surface area contributed by atoms with E-state index in [0.717, 1.165) is 12.8 Å². The molecule has 0 radical (unpaired) electrons. The Morgan fingerprint density at radius 3 is 2.92 bits per heavy atom. The number of nitro benzene ring substituents is 1. The molecule has 2 N–H and O–H groups in total. The number of hydrogen-bond donors (Lipinski definition) is 2. The maximum Gasteiger partial charge on any atom is 0.273 e. The van der Waals surface area contributed by atoms with E-state index in [2.05, 4.69) is 22.5 Å². The van der Waals surface area contributed by atoms with Crippen LogP contribution in [0.3, 0.4) is 0 Å². The molecule has 1 aliphatic rings. The molecule has 1 saturated heterocycles. The van der Waals surface area contributed by atoms with Crippen LogP contribution in [0.15, 0.2) is 23.2 Å². The summed E-state index contributed by atoms with van der Waals surface area (Å²) in [5.74, 6) is -0.464. The highest BCUT2D eigenvalue weighted by molar-refractivity contribution is 8.15. The standard InChI is InChI=1S/C16H20N4O5S/c1-3-4-7-17-16-19-15(22)13(26-16)9-14(21)18-11-6-5-10(20(23)24)8-12(11)25-2/h5-6,8,13H,3-4,7,9H2,1-2H3,(H,18,21)(H,17,19,22). The number of hydrogen-bond acceptors (Lipinski definition) is 7. The molecule has 0 aliphatic carbocycles. The van der Waals surface area contributed by atoms with E-state index in [0.29, 0.717) is 17.4 Å². The van der Waals surface area contributed by atoms with Crippen molar-refractivity contribution in [3.8, 4) is 5.75 Å². The Labute approximate surface area is 154 Å². The number of nitrogens with zero attached hydrogens (tertiary/aromatic N) is 2. The summed E-state index contributed by atoms with van der Waals surface area (Å²) >= 11 is 1.23. The summed E-state index contributed by atoms with van der Waals surface area (Å²) in [6, 6.07) is 3.90. The third kappa shape index (κ3) is 5.19. The molecule has 1 atom stereocenters. The number of nitrogens with one attached hydrogen (secondary N) is 2. The van der Waals surface area contributed by atoms with Crippen molar-refractivity contribution in [1.29, 1.82) is 0 Å². The molecular formula is C16H20N4O5S. The fourth-order valence-electron chi connectivity index (χ4n) is 2.22. The molecule has 0 aromatic heterocycles. The highest BCUT2D eigenvalue weighted by atomic mass is 32.2. The van der Waals surface area contributed by atoms with Crippen molar-refractivity contribution in [2.45, 2.75) is 31.4 Å². The van der Waals surface area contributed by atoms with Crippen molar-refractivity contribution in [2.24, 2.45) is 4.99 Å². The zero-order valence-corrected chi connectivity index (χ0v) is 15.3. The van der Waals surface area contributed by atoms with E-state index in [1.54, 1.807) is 0 Å². The first-order chi connectivity index (χ1) is 12.4. The molecule has 1 aromatic rings. The van der Waals surface area contributed by atoms with Gasteiger partial charge in [-0.05, 0) is 12.5 Å². The monoisotopic (exact) mass is 380 g/mol. The molecule has 1 unspecified atom stereocenters. The van der Waals surface area contributed by atoms with Crippen molar-refractivity contribution >= 4 is 40.1 Å². The van der Waals surface area contributed by atoms with Crippen molar-refractivity contribution < 1.29 is 19.2 Å². The molecule has 1 aliphatic heterocycles. The zero-order valence-electron chi connectivity index (χ0n) is 14.5. The third-order valence-corrected chi connectivity index (χ3v) is 4.70. The minimum atomic E-state index is -0.556. The predicted octanol–water partition coefficient (Wildman–Crippen LogP) is 2.32. The number of amides is 2. The van der Waals surface area contributed by atoms with Gasteiger partial charge in [-0.3, -0.25) is 24.7 Å². The number of benzene rings is 1. The van der Waals surface area contributed by atoms with Gasteiger partial charge in [-0.2, -0.15) is 0 Å². The van der Waals surface area contributed by atoms with Gasteiger partial charge in [-0.15, -0.1) is 0 Å². The number of amidine groups is 1. The Hall–Kier alpha value is -2.62. The average molecular weight is 380 g/mol. The Bertz CT molecular complexity index is 737. The van der Waals surface area contributed by atoms with E-state index < -0.39 is 10.2 Å². The van der Waals surface area contributed by atoms with Crippen molar-refractivity contribution in [1.82, 2.24) is 5.32 Å². The molecule has 1 heterocycles. The number of carbonyl (C=O) groups excluding carboxylic acids is 2. The highest BCUT2D eigenvalue weighted by Crippen LogP contribution is 2.30. The number of aliphatic imine (C=N–C) groups is 1. The summed E-state index contributed by atoms with van der Waals surface area (Å²) in [6.45, 7) is 2.69. The molecule has 1 fully saturated rings. The minimum absolute atomic E-state index is 0.0383. The molecule has 0 saturated carbocycles. The quantitative estimate of drug-likeness (QED) is 0.405. The summed E-state index contributed by atoms with van der Waals surface area (Å²) in [6.07, 6.45) is 1.91. The smallest absolute Gasteiger partial charge is 0.273 e. The topological polar surface area (TPSA) is 123 Å². The number of carbonyl (C=O) groups is 2. The van der Waals surface area contributed by atoms with E-state index in [9.17, 15) is 19.7 Å². The van der Waals surface area contributed by atoms with Crippen molar-refractivity contribution in [2.75, 3.05) is 19.0 Å². The lowest BCUT2D eigenvalue weighted by Crippen LogP contribution is -2.28. The molecule has 26 heavy (non-hydrogen) atoms. The second kappa shape index (κ2) is 9.18. The van der Waals surface area contributed by atoms with Crippen LogP contribution in [0.1, 0.15) is 26.2 Å². The van der Waals surface area contributed by atoms with Crippen LogP contribution < -0.4 is 15.4 Å². The minimum Gasteiger partial charge on any atom is -0.494 e. The number of thioether (sulfide) groups is 1. The van der Waals surface area contributed by atoms with Gasteiger partial charge in [-0.25, -0.2) is 0 Å². The molecule has 140 valence electrons. The van der Waals surface area contributed by atoms with Gasteiger partial charge in [0.15, 0.2) is 5.17 Å². The van der Waals surface area contributed by atoms with Gasteiger partial charge in [-0.1, -0.05) is 25.1 Å². The lowest BCUT2D eigenvalue weighted by molar-refractivity contribution is -0.384. The van der Waals surface area contributed by atoms with Crippen molar-refractivity contribution in [3.63, 3.8) is 0 Å². The fraction of sp³-hybridized carbons (Fsp3) is 0.438. The molecule has 1 aromatic carbocycles. The third-order valence-electron chi connectivity index (χ3n) is 3.58. The lowest BCUT2D eigenvalue weighted by Gasteiger charge is -2.11. The SMILES string of the molecule is CCCCN=C1NC(=O)C(CC(=O)Nc2ccc([N+](=O)[O-])cc2OC)S1. The van der Waals surface area contributed by atoms with Gasteiger partial charge in [0.05, 0.1) is 23.8 Å². The maximum atomic E-state index is 12.2. The van der Waals surface area contributed by atoms with Gasteiger partial charge in [0.25, 0.3) is 5.69 Å². The Morgan fingerprint density at radius 2 is 2.27 bits per heavy atom. The zero-order chi connectivity index (χ0) is 19.1. The summed E-state index contributed by atoms with van der Waals surface area (Å²) in [5, 5.41) is 16.1. The van der Waals surface area contributed by atoms with Crippen LogP contribution in [0.2, 0.25) is 0 Å². The van der Waals surface area contributed by atoms with Crippen LogP contribution in [0, 0.1) is 10.1 Å². The molecule has 2 rings (SSSR count). The van der Waals surface area contributed by atoms with Crippen LogP contribution in [0.4, 0.5) is 11.4 Å². The Balaban J connectivity index is 1.97. The molecule has 0 spiro atoms. The number of ether oxygens (including phenoxy) is 1. The molecule has 2 amide bonds. The maximum absolute atomic E-state index is 12.2. The molecule has 10 heteroatoms. The number of rotatable bonds is 8. The summed E-state index contributed by atoms with van der Waals surface area (Å²) in [5.41, 5.74) is 0.168. The number of unbranched alkanes of at least 4 members (excludes halogenated alkanes) is 1. The van der Waals surface area contributed by atoms with Crippen LogP contribution >= 0.6 is 11.8 Å². The molecular weight excluding hydrogens is 360 g/mol. The molecule has 9 nitrogen and oxygen atoms in total. The number of nitro groups is 1. The first kappa shape index (κ1) is 19.7. The van der Waals surface area contributed by atoms with Crippen LogP contribution in [-0.2, 0) is 9.59 Å². The van der Waals surface area contributed by atoms with Crippen LogP contribution in [-0.4, -0.2) is 40.8 Å². The fourth-order valence-corrected chi connectivity index (χ4v) is 3.22. The van der Waals surface area contributed by atoms with E-state index in [-0.39, 0.29) is 29.7 Å². The summed E-state index contributed by atoms with van der Waals surface area (Å²) in [7, 11) is 1.36. The largest absolute Gasteiger partial charge is 0.494 e. The number of non-ortho nitro benzene ring substituents is 1. The van der Waals surface area contributed by atoms with Gasteiger partial charge in [0.2, 0.25) is 11.8 Å². The van der Waals surface area contributed by atoms with E-state index >= 15 is 0 Å². The Morgan fingerprint density at radius 1 is 1.50 bits per heavy atom. The Kier molecular flexibility index (Phi) is 6.96. The second-order valence-corrected chi connectivity index (χ2v) is 6.72. The predicted molar refractivity (Wildman–Crippen MR) is 99.6 cm³/mol. The lowest BCUT2D eigenvalue weighted by atomic mass is 10.2. The summed E-state index contributed by atoms with van der Waals surface area (Å²) < 4.78 is 5.08. The summed E-state index contributed by atoms with van der Waals surface area (Å²) in [4.78, 5) is 38.7. The van der Waals surface area contributed by atoms with Gasteiger partial charge >= 0.3 is 0 Å². The van der Waals surface area contributed by atoms with Crippen LogP contribution in [0.25, 0.3) is 0 Å². The average Bonchev–Trinajstić information content (AvgIpc) is 2.94.